The lowest BCUT2D eigenvalue weighted by Crippen LogP contribution is -2.21. The van der Waals surface area contributed by atoms with Gasteiger partial charge in [0.05, 0.1) is 18.1 Å². The highest BCUT2D eigenvalue weighted by atomic mass is 35.5. The van der Waals surface area contributed by atoms with Crippen LogP contribution in [-0.4, -0.2) is 21.1 Å². The van der Waals surface area contributed by atoms with E-state index in [1.54, 1.807) is 0 Å². The summed E-state index contributed by atoms with van der Waals surface area (Å²) in [7, 11) is 0. The Morgan fingerprint density at radius 3 is 3.11 bits per heavy atom. The van der Waals surface area contributed by atoms with Gasteiger partial charge in [-0.25, -0.2) is 4.68 Å². The molecule has 2 unspecified atom stereocenters. The lowest BCUT2D eigenvalue weighted by molar-refractivity contribution is 0.202. The van der Waals surface area contributed by atoms with Gasteiger partial charge in [-0.15, -0.1) is 16.7 Å². The predicted molar refractivity (Wildman–Crippen MR) is 73.5 cm³/mol. The minimum absolute atomic E-state index is 0.0598. The van der Waals surface area contributed by atoms with Crippen molar-refractivity contribution in [3.8, 4) is 5.75 Å². The maximum atomic E-state index is 6.15. The first kappa shape index (κ1) is 12.5. The molecule has 1 aliphatic heterocycles. The monoisotopic (exact) mass is 277 g/mol. The van der Waals surface area contributed by atoms with Crippen LogP contribution in [0, 0.1) is 0 Å². The molecular formula is C14H16ClN3O. The molecule has 3 rings (SSSR count). The fourth-order valence-corrected chi connectivity index (χ4v) is 2.42. The zero-order valence-corrected chi connectivity index (χ0v) is 11.5. The van der Waals surface area contributed by atoms with Crippen LogP contribution in [0.4, 0.5) is 0 Å². The molecule has 0 spiro atoms. The zero-order valence-electron chi connectivity index (χ0n) is 10.8. The van der Waals surface area contributed by atoms with Crippen molar-refractivity contribution in [3.63, 3.8) is 0 Å². The summed E-state index contributed by atoms with van der Waals surface area (Å²) >= 11 is 6.15. The number of para-hydroxylation sites is 1. The van der Waals surface area contributed by atoms with E-state index in [0.717, 1.165) is 24.3 Å². The summed E-state index contributed by atoms with van der Waals surface area (Å²) in [6.07, 6.45) is 3.81. The molecule has 2 heterocycles. The van der Waals surface area contributed by atoms with Gasteiger partial charge in [-0.3, -0.25) is 0 Å². The Balaban J connectivity index is 1.66. The highest BCUT2D eigenvalue weighted by molar-refractivity contribution is 6.20. The van der Waals surface area contributed by atoms with Gasteiger partial charge in [0.15, 0.2) is 0 Å². The number of nitrogens with zero attached hydrogens (tertiary/aromatic N) is 3. The van der Waals surface area contributed by atoms with E-state index < -0.39 is 0 Å². The second-order valence-electron chi connectivity index (χ2n) is 4.79. The molecule has 100 valence electrons. The Morgan fingerprint density at radius 2 is 2.32 bits per heavy atom. The molecule has 19 heavy (non-hydrogen) atoms. The molecule has 0 radical (unpaired) electrons. The van der Waals surface area contributed by atoms with Crippen molar-refractivity contribution in [3.05, 3.63) is 41.7 Å². The highest BCUT2D eigenvalue weighted by Crippen LogP contribution is 2.29. The van der Waals surface area contributed by atoms with Crippen molar-refractivity contribution < 1.29 is 4.74 Å². The quantitative estimate of drug-likeness (QED) is 0.807. The molecule has 1 aromatic heterocycles. The van der Waals surface area contributed by atoms with Crippen LogP contribution in [0.25, 0.3) is 0 Å². The number of hydrogen-bond donors (Lipinski definition) is 0. The van der Waals surface area contributed by atoms with Crippen molar-refractivity contribution in [1.29, 1.82) is 0 Å². The molecule has 0 fully saturated rings. The second kappa shape index (κ2) is 5.21. The lowest BCUT2D eigenvalue weighted by atomic mass is 10.1. The molecule has 5 heteroatoms. The summed E-state index contributed by atoms with van der Waals surface area (Å²) in [4.78, 5) is 0. The van der Waals surface area contributed by atoms with Crippen molar-refractivity contribution >= 4 is 11.6 Å². The molecule has 0 saturated carbocycles. The van der Waals surface area contributed by atoms with Crippen LogP contribution in [0.15, 0.2) is 30.5 Å². The van der Waals surface area contributed by atoms with Gasteiger partial charge in [0.2, 0.25) is 0 Å². The molecule has 0 amide bonds. The highest BCUT2D eigenvalue weighted by Gasteiger charge is 2.23. The molecular weight excluding hydrogens is 262 g/mol. The van der Waals surface area contributed by atoms with E-state index in [-0.39, 0.29) is 11.5 Å². The number of benzene rings is 1. The van der Waals surface area contributed by atoms with Crippen molar-refractivity contribution in [2.75, 3.05) is 0 Å². The smallest absolute Gasteiger partial charge is 0.123 e. The summed E-state index contributed by atoms with van der Waals surface area (Å²) in [6.45, 7) is 2.74. The van der Waals surface area contributed by atoms with Gasteiger partial charge in [-0.05, 0) is 18.1 Å². The van der Waals surface area contributed by atoms with Crippen LogP contribution in [0.2, 0.25) is 0 Å². The van der Waals surface area contributed by atoms with E-state index in [0.29, 0.717) is 6.54 Å². The van der Waals surface area contributed by atoms with E-state index in [2.05, 4.69) is 16.4 Å². The second-order valence-corrected chi connectivity index (χ2v) is 5.32. The Labute approximate surface area is 117 Å². The average molecular weight is 278 g/mol. The molecule has 1 aromatic carbocycles. The molecule has 0 bridgehead atoms. The number of halogens is 1. The maximum Gasteiger partial charge on any atom is 0.123 e. The van der Waals surface area contributed by atoms with Crippen molar-refractivity contribution in [2.24, 2.45) is 0 Å². The largest absolute Gasteiger partial charge is 0.488 e. The molecule has 1 aliphatic rings. The molecule has 2 atom stereocenters. The standard InChI is InChI=1S/C14H16ClN3O/c1-2-12(15)13-9-18(17-16-13)8-11-7-10-5-3-4-6-14(10)19-11/h3-6,9,11-12H,2,7-8H2,1H3. The average Bonchev–Trinajstić information content (AvgIpc) is 3.04. The van der Waals surface area contributed by atoms with Crippen LogP contribution in [0.5, 0.6) is 5.75 Å². The van der Waals surface area contributed by atoms with Gasteiger partial charge in [-0.2, -0.15) is 0 Å². The number of fused-ring (bicyclic) bond motifs is 1. The third-order valence-corrected chi connectivity index (χ3v) is 3.87. The summed E-state index contributed by atoms with van der Waals surface area (Å²) < 4.78 is 7.70. The molecule has 4 nitrogen and oxygen atoms in total. The first-order valence-electron chi connectivity index (χ1n) is 6.55. The topological polar surface area (TPSA) is 39.9 Å². The fourth-order valence-electron chi connectivity index (χ4n) is 2.32. The Morgan fingerprint density at radius 1 is 1.47 bits per heavy atom. The number of hydrogen-bond acceptors (Lipinski definition) is 3. The van der Waals surface area contributed by atoms with E-state index in [4.69, 9.17) is 16.3 Å². The van der Waals surface area contributed by atoms with Gasteiger partial charge >= 0.3 is 0 Å². The third-order valence-electron chi connectivity index (χ3n) is 3.34. The van der Waals surface area contributed by atoms with Crippen LogP contribution < -0.4 is 4.74 Å². The van der Waals surface area contributed by atoms with Crippen LogP contribution in [0.3, 0.4) is 0 Å². The first-order chi connectivity index (χ1) is 9.26. The number of ether oxygens (including phenoxy) is 1. The fraction of sp³-hybridized carbons (Fsp3) is 0.429. The summed E-state index contributed by atoms with van der Waals surface area (Å²) in [5.41, 5.74) is 2.09. The lowest BCUT2D eigenvalue weighted by Gasteiger charge is -2.09. The maximum absolute atomic E-state index is 6.15. The Kier molecular flexibility index (Phi) is 3.42. The van der Waals surface area contributed by atoms with Crippen LogP contribution in [0.1, 0.15) is 30.0 Å². The number of aromatic nitrogens is 3. The van der Waals surface area contributed by atoms with Crippen LogP contribution in [-0.2, 0) is 13.0 Å². The van der Waals surface area contributed by atoms with Crippen LogP contribution >= 0.6 is 11.6 Å². The SMILES string of the molecule is CCC(Cl)c1cn(CC2Cc3ccccc3O2)nn1. The van der Waals surface area contributed by atoms with Gasteiger partial charge in [-0.1, -0.05) is 30.3 Å². The molecule has 0 saturated heterocycles. The Bertz CT molecular complexity index is 544. The third kappa shape index (κ3) is 2.59. The first-order valence-corrected chi connectivity index (χ1v) is 6.98. The van der Waals surface area contributed by atoms with Gasteiger partial charge in [0.1, 0.15) is 17.5 Å². The predicted octanol–water partition coefficient (Wildman–Crippen LogP) is 2.97. The van der Waals surface area contributed by atoms with E-state index in [1.165, 1.54) is 5.56 Å². The van der Waals surface area contributed by atoms with Crippen molar-refractivity contribution in [1.82, 2.24) is 15.0 Å². The normalized spacial score (nSPS) is 18.9. The number of rotatable bonds is 4. The Hall–Kier alpha value is -1.55. The minimum atomic E-state index is -0.0598. The minimum Gasteiger partial charge on any atom is -0.488 e. The van der Waals surface area contributed by atoms with E-state index in [9.17, 15) is 0 Å². The molecule has 0 aliphatic carbocycles. The molecule has 2 aromatic rings. The summed E-state index contributed by atoms with van der Waals surface area (Å²) in [6, 6.07) is 8.15. The van der Waals surface area contributed by atoms with Gasteiger partial charge in [0, 0.05) is 6.42 Å². The molecule has 0 N–H and O–H groups in total. The van der Waals surface area contributed by atoms with Crippen molar-refractivity contribution in [2.45, 2.75) is 37.8 Å². The van der Waals surface area contributed by atoms with Gasteiger partial charge in [0.25, 0.3) is 0 Å². The summed E-state index contributed by atoms with van der Waals surface area (Å²) in [5.74, 6) is 0.983. The zero-order chi connectivity index (χ0) is 13.2. The van der Waals surface area contributed by atoms with Gasteiger partial charge < -0.3 is 4.74 Å². The number of alkyl halides is 1. The van der Waals surface area contributed by atoms with E-state index in [1.807, 2.05) is 36.0 Å². The summed E-state index contributed by atoms with van der Waals surface area (Å²) in [5, 5.41) is 8.16. The van der Waals surface area contributed by atoms with E-state index >= 15 is 0 Å².